The molecule has 2 aromatic heterocycles. The third kappa shape index (κ3) is 5.41. The van der Waals surface area contributed by atoms with Crippen LogP contribution in [-0.4, -0.2) is 31.4 Å². The monoisotopic (exact) mass is 551 g/mol. The van der Waals surface area contributed by atoms with E-state index in [1.807, 2.05) is 0 Å². The van der Waals surface area contributed by atoms with E-state index in [0.29, 0.717) is 21.2 Å². The normalized spacial score (nSPS) is 12.0. The Morgan fingerprint density at radius 2 is 1.74 bits per heavy atom. The fourth-order valence-electron chi connectivity index (χ4n) is 3.17. The number of nitrogens with zero attached hydrogens (tertiary/aromatic N) is 2. The average molecular weight is 552 g/mol. The van der Waals surface area contributed by atoms with Crippen LogP contribution >= 0.6 is 34.5 Å². The number of rotatable bonds is 7. The van der Waals surface area contributed by atoms with E-state index in [2.05, 4.69) is 15.3 Å². The number of fused-ring (bicyclic) bond motifs is 1. The average Bonchev–Trinajstić information content (AvgIpc) is 3.24. The molecule has 8 nitrogen and oxygen atoms in total. The van der Waals surface area contributed by atoms with E-state index in [1.165, 1.54) is 17.4 Å². The Kier molecular flexibility index (Phi) is 7.03. The topological polar surface area (TPSA) is 107 Å². The molecule has 0 saturated carbocycles. The maximum atomic E-state index is 12.9. The van der Waals surface area contributed by atoms with Crippen LogP contribution in [0.1, 0.15) is 29.1 Å². The molecule has 35 heavy (non-hydrogen) atoms. The second-order valence-corrected chi connectivity index (χ2v) is 12.0. The minimum Gasteiger partial charge on any atom is -0.424 e. The SMILES string of the molecule is COS(=O)(=O)C(C)(C)c1ccc2sc(C(=O)Nc3cc(Cl)nc(Oc4ccc(Cl)cc4)n3)cc2c1. The van der Waals surface area contributed by atoms with E-state index in [1.54, 1.807) is 62.4 Å². The van der Waals surface area contributed by atoms with Crippen LogP contribution in [0.4, 0.5) is 5.82 Å². The van der Waals surface area contributed by atoms with Crippen molar-refractivity contribution in [3.63, 3.8) is 0 Å². The zero-order chi connectivity index (χ0) is 25.4. The summed E-state index contributed by atoms with van der Waals surface area (Å²) in [5.41, 5.74) is 0.545. The summed E-state index contributed by atoms with van der Waals surface area (Å²) in [6, 6.07) is 14.9. The number of ether oxygens (including phenoxy) is 1. The molecule has 2 aromatic carbocycles. The maximum Gasteiger partial charge on any atom is 0.325 e. The lowest BCUT2D eigenvalue weighted by atomic mass is 10.0. The number of aromatic nitrogens is 2. The molecule has 182 valence electrons. The second-order valence-electron chi connectivity index (χ2n) is 7.86. The number of halogens is 2. The van der Waals surface area contributed by atoms with Gasteiger partial charge in [-0.25, -0.2) is 0 Å². The van der Waals surface area contributed by atoms with Crippen LogP contribution in [0.2, 0.25) is 10.2 Å². The van der Waals surface area contributed by atoms with E-state index in [9.17, 15) is 13.2 Å². The summed E-state index contributed by atoms with van der Waals surface area (Å²) in [6.45, 7) is 3.13. The van der Waals surface area contributed by atoms with Crippen LogP contribution in [0.5, 0.6) is 11.8 Å². The predicted octanol–water partition coefficient (Wildman–Crippen LogP) is 6.25. The highest BCUT2D eigenvalue weighted by molar-refractivity contribution is 7.87. The molecule has 0 saturated heterocycles. The van der Waals surface area contributed by atoms with E-state index >= 15 is 0 Å². The molecule has 0 spiro atoms. The molecule has 0 bridgehead atoms. The number of hydrogen-bond donors (Lipinski definition) is 1. The lowest BCUT2D eigenvalue weighted by molar-refractivity contribution is 0.103. The molecule has 4 rings (SSSR count). The van der Waals surface area contributed by atoms with Gasteiger partial charge < -0.3 is 10.1 Å². The molecule has 1 N–H and O–H groups in total. The highest BCUT2D eigenvalue weighted by atomic mass is 35.5. The van der Waals surface area contributed by atoms with Gasteiger partial charge in [0.05, 0.1) is 12.0 Å². The van der Waals surface area contributed by atoms with Crippen LogP contribution in [0.3, 0.4) is 0 Å². The zero-order valence-electron chi connectivity index (χ0n) is 18.7. The van der Waals surface area contributed by atoms with Crippen LogP contribution in [0.15, 0.2) is 54.6 Å². The fraction of sp³-hybridized carbons (Fsp3) is 0.174. The van der Waals surface area contributed by atoms with Gasteiger partial charge in [-0.2, -0.15) is 18.4 Å². The van der Waals surface area contributed by atoms with E-state index < -0.39 is 20.8 Å². The van der Waals surface area contributed by atoms with E-state index in [-0.39, 0.29) is 17.0 Å². The van der Waals surface area contributed by atoms with Gasteiger partial charge in [0.2, 0.25) is 0 Å². The predicted molar refractivity (Wildman–Crippen MR) is 137 cm³/mol. The largest absolute Gasteiger partial charge is 0.424 e. The van der Waals surface area contributed by atoms with Crippen LogP contribution in [0, 0.1) is 0 Å². The zero-order valence-corrected chi connectivity index (χ0v) is 21.8. The van der Waals surface area contributed by atoms with Gasteiger partial charge in [-0.3, -0.25) is 8.98 Å². The Balaban J connectivity index is 1.57. The Hall–Kier alpha value is -2.76. The Bertz CT molecular complexity index is 1520. The van der Waals surface area contributed by atoms with Crippen molar-refractivity contribution in [2.45, 2.75) is 18.6 Å². The van der Waals surface area contributed by atoms with Gasteiger partial charge >= 0.3 is 6.01 Å². The number of anilines is 1. The van der Waals surface area contributed by atoms with Gasteiger partial charge in [-0.05, 0) is 67.3 Å². The Morgan fingerprint density at radius 3 is 2.43 bits per heavy atom. The molecular weight excluding hydrogens is 533 g/mol. The first-order valence-electron chi connectivity index (χ1n) is 10.1. The van der Waals surface area contributed by atoms with E-state index in [0.717, 1.165) is 17.2 Å². The summed E-state index contributed by atoms with van der Waals surface area (Å²) >= 11 is 13.2. The minimum absolute atomic E-state index is 0.0438. The molecule has 4 aromatic rings. The van der Waals surface area contributed by atoms with Crippen molar-refractivity contribution in [1.82, 2.24) is 9.97 Å². The maximum absolute atomic E-state index is 12.9. The molecule has 1 amide bonds. The fourth-order valence-corrected chi connectivity index (χ4v) is 5.25. The van der Waals surface area contributed by atoms with Crippen molar-refractivity contribution in [2.75, 3.05) is 12.4 Å². The quantitative estimate of drug-likeness (QED) is 0.213. The smallest absolute Gasteiger partial charge is 0.325 e. The van der Waals surface area contributed by atoms with E-state index in [4.69, 9.17) is 32.1 Å². The van der Waals surface area contributed by atoms with Gasteiger partial charge in [0, 0.05) is 15.8 Å². The number of hydrogen-bond acceptors (Lipinski definition) is 8. The second kappa shape index (κ2) is 9.71. The lowest BCUT2D eigenvalue weighted by Gasteiger charge is -2.23. The summed E-state index contributed by atoms with van der Waals surface area (Å²) < 4.78 is 34.5. The first-order chi connectivity index (χ1) is 16.5. The number of benzene rings is 2. The van der Waals surface area contributed by atoms with Gasteiger partial charge in [-0.15, -0.1) is 11.3 Å². The number of thiophene rings is 1. The van der Waals surface area contributed by atoms with Gasteiger partial charge in [0.1, 0.15) is 21.5 Å². The highest BCUT2D eigenvalue weighted by Gasteiger charge is 2.36. The van der Waals surface area contributed by atoms with Crippen molar-refractivity contribution in [3.05, 3.63) is 75.2 Å². The molecule has 0 aliphatic heterocycles. The number of amides is 1. The Labute approximate surface area is 216 Å². The van der Waals surface area contributed by atoms with Crippen LogP contribution in [0.25, 0.3) is 10.1 Å². The van der Waals surface area contributed by atoms with Crippen LogP contribution < -0.4 is 10.1 Å². The molecule has 12 heteroatoms. The summed E-state index contributed by atoms with van der Waals surface area (Å²) in [5, 5.41) is 4.06. The number of carbonyl (C=O) groups is 1. The van der Waals surface area contributed by atoms with Crippen molar-refractivity contribution >= 4 is 66.5 Å². The summed E-state index contributed by atoms with van der Waals surface area (Å²) in [4.78, 5) is 21.5. The van der Waals surface area contributed by atoms with Crippen molar-refractivity contribution < 1.29 is 22.1 Å². The van der Waals surface area contributed by atoms with Crippen molar-refractivity contribution in [2.24, 2.45) is 0 Å². The molecule has 2 heterocycles. The van der Waals surface area contributed by atoms with Gasteiger partial charge in [0.25, 0.3) is 16.0 Å². The standard InChI is InChI=1S/C23H19Cl2N3O5S2/c1-23(2,35(30,31)32-3)14-4-9-17-13(10-14)11-18(34-17)21(29)27-20-12-19(25)26-22(28-20)33-16-7-5-15(24)6-8-16/h4-12H,1-3H3,(H,26,27,28,29). The van der Waals surface area contributed by atoms with Crippen molar-refractivity contribution in [3.8, 4) is 11.8 Å². The van der Waals surface area contributed by atoms with Crippen molar-refractivity contribution in [1.29, 1.82) is 0 Å². The molecule has 0 aliphatic carbocycles. The molecule has 0 fully saturated rings. The van der Waals surface area contributed by atoms with Crippen LogP contribution in [-0.2, 0) is 19.0 Å². The first-order valence-corrected chi connectivity index (χ1v) is 13.1. The lowest BCUT2D eigenvalue weighted by Crippen LogP contribution is -2.30. The summed E-state index contributed by atoms with van der Waals surface area (Å²) in [6.07, 6.45) is 0. The molecule has 0 radical (unpaired) electrons. The third-order valence-electron chi connectivity index (χ3n) is 5.22. The Morgan fingerprint density at radius 1 is 1.03 bits per heavy atom. The van der Waals surface area contributed by atoms with Gasteiger partial charge in [0.15, 0.2) is 0 Å². The highest BCUT2D eigenvalue weighted by Crippen LogP contribution is 2.35. The number of nitrogens with one attached hydrogen (secondary N) is 1. The number of carbonyl (C=O) groups excluding carboxylic acids is 1. The first kappa shape index (κ1) is 25.3. The van der Waals surface area contributed by atoms with Gasteiger partial charge in [-0.1, -0.05) is 29.3 Å². The molecule has 0 unspecified atom stereocenters. The summed E-state index contributed by atoms with van der Waals surface area (Å²) in [7, 11) is -2.69. The summed E-state index contributed by atoms with van der Waals surface area (Å²) in [5.74, 6) is 0.195. The third-order valence-corrected chi connectivity index (χ3v) is 8.70. The molecular formula is C23H19Cl2N3O5S2. The molecule has 0 atom stereocenters. The minimum atomic E-state index is -3.82. The molecule has 0 aliphatic rings.